The molecule has 0 radical (unpaired) electrons. The molecule has 2 nitrogen and oxygen atoms in total. The Morgan fingerprint density at radius 2 is 2.10 bits per heavy atom. The molecule has 3 heteroatoms. The Kier molecular flexibility index (Phi) is 6.06. The van der Waals surface area contributed by atoms with Gasteiger partial charge in [0.25, 0.3) is 0 Å². The molecular weight excluding hydrogens is 312 g/mol. The van der Waals surface area contributed by atoms with E-state index in [9.17, 15) is 5.26 Å². The van der Waals surface area contributed by atoms with Crippen molar-refractivity contribution in [3.63, 3.8) is 0 Å². The zero-order valence-corrected chi connectivity index (χ0v) is 13.8. The summed E-state index contributed by atoms with van der Waals surface area (Å²) in [5, 5.41) is 9.64. The smallest absolute Gasteiger partial charge is 0.124 e. The molecule has 2 rings (SSSR count). The third-order valence-electron chi connectivity index (χ3n) is 4.20. The van der Waals surface area contributed by atoms with Gasteiger partial charge in [0.2, 0.25) is 0 Å². The minimum absolute atomic E-state index is 0.0924. The molecule has 1 saturated heterocycles. The Morgan fingerprint density at radius 3 is 2.75 bits per heavy atom. The second-order valence-corrected chi connectivity index (χ2v) is 6.53. The summed E-state index contributed by atoms with van der Waals surface area (Å²) in [6, 6.07) is 11.2. The van der Waals surface area contributed by atoms with Crippen LogP contribution in [-0.4, -0.2) is 17.5 Å². The van der Waals surface area contributed by atoms with Gasteiger partial charge in [-0.3, -0.25) is 4.90 Å². The van der Waals surface area contributed by atoms with E-state index in [4.69, 9.17) is 0 Å². The van der Waals surface area contributed by atoms with Crippen LogP contribution in [0, 0.1) is 11.3 Å². The molecule has 0 saturated carbocycles. The molecule has 108 valence electrons. The van der Waals surface area contributed by atoms with Crippen molar-refractivity contribution in [1.82, 2.24) is 4.90 Å². The van der Waals surface area contributed by atoms with Crippen LogP contribution < -0.4 is 0 Å². The minimum atomic E-state index is -0.0924. The highest BCUT2D eigenvalue weighted by Gasteiger charge is 2.29. The third-order valence-corrected chi connectivity index (χ3v) is 4.73. The Labute approximate surface area is 130 Å². The largest absolute Gasteiger partial charge is 0.281 e. The maximum absolute atomic E-state index is 9.64. The SMILES string of the molecule is CCCCC1CCCCN1C(C#N)c1ccc(Br)cc1. The van der Waals surface area contributed by atoms with Gasteiger partial charge in [-0.15, -0.1) is 0 Å². The predicted molar refractivity (Wildman–Crippen MR) is 86.4 cm³/mol. The lowest BCUT2D eigenvalue weighted by atomic mass is 9.93. The van der Waals surface area contributed by atoms with Crippen LogP contribution in [0.2, 0.25) is 0 Å². The van der Waals surface area contributed by atoms with Gasteiger partial charge in [-0.25, -0.2) is 0 Å². The van der Waals surface area contributed by atoms with E-state index in [1.807, 2.05) is 12.1 Å². The Hall–Kier alpha value is -0.850. The number of benzene rings is 1. The fraction of sp³-hybridized carbons (Fsp3) is 0.588. The molecular formula is C17H23BrN2. The molecule has 0 spiro atoms. The van der Waals surface area contributed by atoms with Gasteiger partial charge in [0.05, 0.1) is 6.07 Å². The summed E-state index contributed by atoms with van der Waals surface area (Å²) in [5.74, 6) is 0. The van der Waals surface area contributed by atoms with E-state index in [1.54, 1.807) is 0 Å². The van der Waals surface area contributed by atoms with Crippen molar-refractivity contribution < 1.29 is 0 Å². The molecule has 0 amide bonds. The molecule has 2 unspecified atom stereocenters. The number of likely N-dealkylation sites (tertiary alicyclic amines) is 1. The first-order valence-corrected chi connectivity index (χ1v) is 8.46. The highest BCUT2D eigenvalue weighted by atomic mass is 79.9. The average molecular weight is 335 g/mol. The van der Waals surface area contributed by atoms with Crippen LogP contribution in [0.3, 0.4) is 0 Å². The van der Waals surface area contributed by atoms with Crippen molar-refractivity contribution in [2.75, 3.05) is 6.54 Å². The molecule has 0 aliphatic carbocycles. The number of nitriles is 1. The summed E-state index contributed by atoms with van der Waals surface area (Å²) in [4.78, 5) is 2.43. The van der Waals surface area contributed by atoms with Crippen molar-refractivity contribution in [3.05, 3.63) is 34.3 Å². The first kappa shape index (κ1) is 15.5. The van der Waals surface area contributed by atoms with E-state index in [1.165, 1.54) is 38.5 Å². The first-order chi connectivity index (χ1) is 9.76. The van der Waals surface area contributed by atoms with Crippen molar-refractivity contribution in [1.29, 1.82) is 5.26 Å². The zero-order valence-electron chi connectivity index (χ0n) is 12.2. The van der Waals surface area contributed by atoms with E-state index in [-0.39, 0.29) is 6.04 Å². The van der Waals surface area contributed by atoms with Crippen molar-refractivity contribution in [2.24, 2.45) is 0 Å². The molecule has 1 fully saturated rings. The molecule has 0 aromatic heterocycles. The molecule has 0 bridgehead atoms. The topological polar surface area (TPSA) is 27.0 Å². The van der Waals surface area contributed by atoms with Gasteiger partial charge in [0.15, 0.2) is 0 Å². The van der Waals surface area contributed by atoms with Crippen LogP contribution in [0.5, 0.6) is 0 Å². The van der Waals surface area contributed by atoms with E-state index >= 15 is 0 Å². The van der Waals surface area contributed by atoms with Crippen LogP contribution in [0.4, 0.5) is 0 Å². The summed E-state index contributed by atoms with van der Waals surface area (Å²) in [6.07, 6.45) is 7.50. The number of halogens is 1. The highest BCUT2D eigenvalue weighted by Crippen LogP contribution is 2.31. The molecule has 2 atom stereocenters. The standard InChI is InChI=1S/C17H23BrN2/c1-2-3-6-16-7-4-5-12-20(16)17(13-19)14-8-10-15(18)11-9-14/h8-11,16-17H,2-7,12H2,1H3. The molecule has 1 heterocycles. The molecule has 1 aromatic carbocycles. The zero-order chi connectivity index (χ0) is 14.4. The summed E-state index contributed by atoms with van der Waals surface area (Å²) in [7, 11) is 0. The number of hydrogen-bond donors (Lipinski definition) is 0. The maximum Gasteiger partial charge on any atom is 0.124 e. The lowest BCUT2D eigenvalue weighted by molar-refractivity contribution is 0.111. The normalized spacial score (nSPS) is 21.4. The number of unbranched alkanes of at least 4 members (excludes halogenated alkanes) is 1. The van der Waals surface area contributed by atoms with E-state index in [2.05, 4.69) is 46.0 Å². The van der Waals surface area contributed by atoms with E-state index < -0.39 is 0 Å². The number of hydrogen-bond acceptors (Lipinski definition) is 2. The average Bonchev–Trinajstić information content (AvgIpc) is 2.49. The number of piperidine rings is 1. The van der Waals surface area contributed by atoms with E-state index in [0.29, 0.717) is 6.04 Å². The minimum Gasteiger partial charge on any atom is -0.281 e. The van der Waals surface area contributed by atoms with Crippen molar-refractivity contribution in [2.45, 2.75) is 57.5 Å². The molecule has 20 heavy (non-hydrogen) atoms. The quantitative estimate of drug-likeness (QED) is 0.752. The predicted octanol–water partition coefficient (Wildman–Crippen LogP) is 5.06. The van der Waals surface area contributed by atoms with Gasteiger partial charge >= 0.3 is 0 Å². The van der Waals surface area contributed by atoms with Gasteiger partial charge in [0.1, 0.15) is 6.04 Å². The summed E-state index contributed by atoms with van der Waals surface area (Å²) in [5.41, 5.74) is 1.12. The van der Waals surface area contributed by atoms with Crippen molar-refractivity contribution in [3.8, 4) is 6.07 Å². The second-order valence-electron chi connectivity index (χ2n) is 5.61. The third kappa shape index (κ3) is 3.84. The molecule has 0 N–H and O–H groups in total. The lowest BCUT2D eigenvalue weighted by Crippen LogP contribution is -2.41. The first-order valence-electron chi connectivity index (χ1n) is 7.67. The number of rotatable bonds is 5. The summed E-state index contributed by atoms with van der Waals surface area (Å²) < 4.78 is 1.07. The van der Waals surface area contributed by atoms with Gasteiger partial charge in [-0.2, -0.15) is 5.26 Å². The molecule has 1 aliphatic heterocycles. The van der Waals surface area contributed by atoms with Crippen LogP contribution in [-0.2, 0) is 0 Å². The van der Waals surface area contributed by atoms with Gasteiger partial charge in [0, 0.05) is 17.1 Å². The summed E-state index contributed by atoms with van der Waals surface area (Å²) >= 11 is 3.46. The van der Waals surface area contributed by atoms with E-state index in [0.717, 1.165) is 16.6 Å². The number of nitrogens with zero attached hydrogens (tertiary/aromatic N) is 2. The lowest BCUT2D eigenvalue weighted by Gasteiger charge is -2.38. The van der Waals surface area contributed by atoms with Crippen LogP contribution >= 0.6 is 15.9 Å². The Morgan fingerprint density at radius 1 is 1.35 bits per heavy atom. The second kappa shape index (κ2) is 7.81. The summed E-state index contributed by atoms with van der Waals surface area (Å²) in [6.45, 7) is 3.30. The van der Waals surface area contributed by atoms with Crippen molar-refractivity contribution >= 4 is 15.9 Å². The molecule has 1 aromatic rings. The van der Waals surface area contributed by atoms with Gasteiger partial charge in [-0.05, 0) is 37.0 Å². The maximum atomic E-state index is 9.64. The Bertz CT molecular complexity index is 449. The fourth-order valence-electron chi connectivity index (χ4n) is 3.10. The van der Waals surface area contributed by atoms with Gasteiger partial charge in [-0.1, -0.05) is 54.2 Å². The van der Waals surface area contributed by atoms with Crippen LogP contribution in [0.1, 0.15) is 57.1 Å². The monoisotopic (exact) mass is 334 g/mol. The van der Waals surface area contributed by atoms with Crippen LogP contribution in [0.15, 0.2) is 28.7 Å². The molecule has 1 aliphatic rings. The van der Waals surface area contributed by atoms with Crippen LogP contribution in [0.25, 0.3) is 0 Å². The Balaban J connectivity index is 2.15. The van der Waals surface area contributed by atoms with Gasteiger partial charge < -0.3 is 0 Å². The highest BCUT2D eigenvalue weighted by molar-refractivity contribution is 9.10. The fourth-order valence-corrected chi connectivity index (χ4v) is 3.36.